The van der Waals surface area contributed by atoms with Crippen molar-refractivity contribution >= 4 is 29.1 Å². The minimum Gasteiger partial charge on any atom is -0.339 e. The Kier molecular flexibility index (Phi) is 5.62. The second kappa shape index (κ2) is 8.60. The van der Waals surface area contributed by atoms with Crippen LogP contribution in [0, 0.1) is 6.92 Å². The lowest BCUT2D eigenvalue weighted by Gasteiger charge is -2.33. The molecule has 0 bridgehead atoms. The molecule has 1 saturated heterocycles. The number of aryl methyl sites for hydroxylation is 1. The lowest BCUT2D eigenvalue weighted by atomic mass is 9.90. The molecule has 1 aromatic carbocycles. The molecule has 33 heavy (non-hydrogen) atoms. The molecule has 0 aliphatic carbocycles. The Labute approximate surface area is 198 Å². The number of piperidine rings is 1. The van der Waals surface area contributed by atoms with Crippen LogP contribution in [-0.4, -0.2) is 39.8 Å². The van der Waals surface area contributed by atoms with Gasteiger partial charge in [0.2, 0.25) is 0 Å². The monoisotopic (exact) mass is 460 g/mol. The number of rotatable bonds is 3. The Bertz CT molecular complexity index is 1240. The van der Waals surface area contributed by atoms with E-state index < -0.39 is 0 Å². The fraction of sp³-hybridized carbons (Fsp3) is 0.308. The van der Waals surface area contributed by atoms with Crippen LogP contribution in [0.3, 0.4) is 0 Å². The molecule has 7 heteroatoms. The number of fused-ring (bicyclic) bond motifs is 1. The van der Waals surface area contributed by atoms with Crippen LogP contribution in [0.1, 0.15) is 69.1 Å². The Balaban J connectivity index is 1.31. The number of aromatic nitrogens is 2. The second-order valence-corrected chi connectivity index (χ2v) is 9.25. The Morgan fingerprint density at radius 1 is 1.06 bits per heavy atom. The number of halogens is 1. The molecule has 1 fully saturated rings. The van der Waals surface area contributed by atoms with Crippen LogP contribution in [-0.2, 0) is 0 Å². The molecule has 3 aromatic rings. The summed E-state index contributed by atoms with van der Waals surface area (Å²) in [5, 5.41) is 0.630. The third-order valence-electron chi connectivity index (χ3n) is 6.85. The second-order valence-electron chi connectivity index (χ2n) is 8.82. The van der Waals surface area contributed by atoms with E-state index in [0.29, 0.717) is 35.2 Å². The van der Waals surface area contributed by atoms with E-state index in [1.807, 2.05) is 37.1 Å². The summed E-state index contributed by atoms with van der Waals surface area (Å²) >= 11 is 6.17. The number of pyridine rings is 2. The smallest absolute Gasteiger partial charge is 0.259 e. The highest BCUT2D eigenvalue weighted by Gasteiger charge is 2.35. The van der Waals surface area contributed by atoms with Crippen molar-refractivity contribution in [3.8, 4) is 0 Å². The maximum atomic E-state index is 13.1. The Hall–Kier alpha value is -3.25. The summed E-state index contributed by atoms with van der Waals surface area (Å²) in [7, 11) is 0. The van der Waals surface area contributed by atoms with Gasteiger partial charge in [-0.3, -0.25) is 24.5 Å². The molecule has 0 unspecified atom stereocenters. The SMILES string of the molecule is Cc1ccncc1C(=O)N1CCC(c2cncc(N3C(=O)c4ccc(Cl)cc4[C@@H]3C)c2)CC1. The van der Waals surface area contributed by atoms with Gasteiger partial charge in [-0.15, -0.1) is 0 Å². The summed E-state index contributed by atoms with van der Waals surface area (Å²) in [5.74, 6) is 0.306. The van der Waals surface area contributed by atoms with Crippen LogP contribution < -0.4 is 4.90 Å². The van der Waals surface area contributed by atoms with Crippen molar-refractivity contribution in [1.82, 2.24) is 14.9 Å². The number of carbonyl (C=O) groups is 2. The highest BCUT2D eigenvalue weighted by Crippen LogP contribution is 2.39. The van der Waals surface area contributed by atoms with E-state index in [1.165, 1.54) is 0 Å². The van der Waals surface area contributed by atoms with Gasteiger partial charge in [0.05, 0.1) is 23.5 Å². The van der Waals surface area contributed by atoms with Crippen LogP contribution in [0.2, 0.25) is 5.02 Å². The van der Waals surface area contributed by atoms with Crippen LogP contribution in [0.15, 0.2) is 55.1 Å². The summed E-state index contributed by atoms with van der Waals surface area (Å²) < 4.78 is 0. The molecule has 0 spiro atoms. The lowest BCUT2D eigenvalue weighted by molar-refractivity contribution is 0.0711. The van der Waals surface area contributed by atoms with Crippen LogP contribution in [0.4, 0.5) is 5.69 Å². The first-order chi connectivity index (χ1) is 15.9. The average molecular weight is 461 g/mol. The van der Waals surface area contributed by atoms with Gasteiger partial charge in [-0.05, 0) is 79.6 Å². The van der Waals surface area contributed by atoms with Gasteiger partial charge >= 0.3 is 0 Å². The highest BCUT2D eigenvalue weighted by atomic mass is 35.5. The highest BCUT2D eigenvalue weighted by molar-refractivity contribution is 6.31. The first-order valence-electron chi connectivity index (χ1n) is 11.2. The third kappa shape index (κ3) is 3.89. The van der Waals surface area contributed by atoms with E-state index in [0.717, 1.165) is 35.2 Å². The quantitative estimate of drug-likeness (QED) is 0.540. The van der Waals surface area contributed by atoms with Crippen molar-refractivity contribution in [3.63, 3.8) is 0 Å². The summed E-state index contributed by atoms with van der Waals surface area (Å²) in [5.41, 5.74) is 5.14. The van der Waals surface area contributed by atoms with Gasteiger partial charge in [-0.1, -0.05) is 11.6 Å². The predicted molar refractivity (Wildman–Crippen MR) is 128 cm³/mol. The summed E-state index contributed by atoms with van der Waals surface area (Å²) in [6, 6.07) is 9.25. The van der Waals surface area contributed by atoms with E-state index in [-0.39, 0.29) is 17.9 Å². The zero-order valence-corrected chi connectivity index (χ0v) is 19.4. The Morgan fingerprint density at radius 3 is 2.61 bits per heavy atom. The summed E-state index contributed by atoms with van der Waals surface area (Å²) in [4.78, 5) is 38.3. The van der Waals surface area contributed by atoms with E-state index in [2.05, 4.69) is 16.0 Å². The molecule has 0 radical (unpaired) electrons. The first-order valence-corrected chi connectivity index (χ1v) is 11.6. The summed E-state index contributed by atoms with van der Waals surface area (Å²) in [6.07, 6.45) is 8.69. The van der Waals surface area contributed by atoms with Crippen LogP contribution in [0.5, 0.6) is 0 Å². The number of anilines is 1. The molecule has 2 aromatic heterocycles. The molecular formula is C26H25ClN4O2. The lowest BCUT2D eigenvalue weighted by Crippen LogP contribution is -2.38. The predicted octanol–water partition coefficient (Wildman–Crippen LogP) is 5.18. The molecule has 2 aliphatic heterocycles. The van der Waals surface area contributed by atoms with Gasteiger partial charge in [0.1, 0.15) is 0 Å². The van der Waals surface area contributed by atoms with Crippen molar-refractivity contribution in [2.24, 2.45) is 0 Å². The number of benzene rings is 1. The summed E-state index contributed by atoms with van der Waals surface area (Å²) in [6.45, 7) is 5.32. The number of carbonyl (C=O) groups excluding carboxylic acids is 2. The number of nitrogens with zero attached hydrogens (tertiary/aromatic N) is 4. The maximum Gasteiger partial charge on any atom is 0.259 e. The van der Waals surface area contributed by atoms with Crippen molar-refractivity contribution in [3.05, 3.63) is 88.0 Å². The van der Waals surface area contributed by atoms with E-state index >= 15 is 0 Å². The van der Waals surface area contributed by atoms with Gasteiger partial charge in [-0.2, -0.15) is 0 Å². The van der Waals surface area contributed by atoms with Crippen molar-refractivity contribution in [2.75, 3.05) is 18.0 Å². The van der Waals surface area contributed by atoms with Gasteiger partial charge < -0.3 is 4.90 Å². The van der Waals surface area contributed by atoms with E-state index in [1.54, 1.807) is 35.6 Å². The first kappa shape index (κ1) is 21.6. The molecule has 0 saturated carbocycles. The standard InChI is InChI=1S/C26H25ClN4O2/c1-16-5-8-28-15-24(16)25(32)30-9-6-18(7-10-30)19-11-21(14-29-13-19)31-17(2)23-12-20(27)3-4-22(23)26(31)33/h3-5,8,11-15,17-18H,6-7,9-10H2,1-2H3/t17-/m0/s1. The van der Waals surface area contributed by atoms with Gasteiger partial charge in [-0.25, -0.2) is 0 Å². The zero-order chi connectivity index (χ0) is 23.1. The van der Waals surface area contributed by atoms with Crippen molar-refractivity contribution in [1.29, 1.82) is 0 Å². The average Bonchev–Trinajstić information content (AvgIpc) is 3.08. The van der Waals surface area contributed by atoms with Crippen LogP contribution in [0.25, 0.3) is 0 Å². The van der Waals surface area contributed by atoms with Crippen LogP contribution >= 0.6 is 11.6 Å². The normalized spacial score (nSPS) is 18.5. The molecule has 6 nitrogen and oxygen atoms in total. The van der Waals surface area contributed by atoms with E-state index in [4.69, 9.17) is 11.6 Å². The molecule has 2 aliphatic rings. The van der Waals surface area contributed by atoms with Gasteiger partial charge in [0.25, 0.3) is 11.8 Å². The minimum absolute atomic E-state index is 0.0274. The van der Waals surface area contributed by atoms with Crippen molar-refractivity contribution < 1.29 is 9.59 Å². The molecule has 5 rings (SSSR count). The molecule has 4 heterocycles. The van der Waals surface area contributed by atoms with Gasteiger partial charge in [0.15, 0.2) is 0 Å². The number of hydrogen-bond acceptors (Lipinski definition) is 4. The minimum atomic E-state index is -0.106. The van der Waals surface area contributed by atoms with E-state index in [9.17, 15) is 9.59 Å². The Morgan fingerprint density at radius 2 is 1.85 bits per heavy atom. The number of likely N-dealkylation sites (tertiary alicyclic amines) is 1. The largest absolute Gasteiger partial charge is 0.339 e. The fourth-order valence-corrected chi connectivity index (χ4v) is 5.11. The molecular weight excluding hydrogens is 436 g/mol. The van der Waals surface area contributed by atoms with Gasteiger partial charge in [0, 0.05) is 42.3 Å². The zero-order valence-electron chi connectivity index (χ0n) is 18.7. The topological polar surface area (TPSA) is 66.4 Å². The molecule has 168 valence electrons. The number of hydrogen-bond donors (Lipinski definition) is 0. The maximum absolute atomic E-state index is 13.1. The van der Waals surface area contributed by atoms with Crippen molar-refractivity contribution in [2.45, 2.75) is 38.6 Å². The third-order valence-corrected chi connectivity index (χ3v) is 7.08. The molecule has 1 atom stereocenters. The molecule has 2 amide bonds. The fourth-order valence-electron chi connectivity index (χ4n) is 4.93. The molecule has 0 N–H and O–H groups in total. The number of amides is 2.